The quantitative estimate of drug-likeness (QED) is 0.738. The average molecular weight is 419 g/mol. The van der Waals surface area contributed by atoms with E-state index in [1.807, 2.05) is 20.0 Å². The standard InChI is InChI=1S/C19H26N6O3S/c1-3-24-13(2)18(12-21-24)29(26,27)25-14-4-5-17(25)15-11-20-19(22-16(15)10-14)23-6-8-28-9-7-23/h11-12,14,17H,3-10H2,1-2H3. The molecule has 0 aliphatic carbocycles. The maximum Gasteiger partial charge on any atom is 0.247 e. The van der Waals surface area contributed by atoms with Crippen molar-refractivity contribution in [3.8, 4) is 0 Å². The molecule has 3 aliphatic rings. The number of hydrogen-bond donors (Lipinski definition) is 0. The Morgan fingerprint density at radius 3 is 2.72 bits per heavy atom. The van der Waals surface area contributed by atoms with Gasteiger partial charge in [0.2, 0.25) is 16.0 Å². The van der Waals surface area contributed by atoms with Crippen molar-refractivity contribution in [2.45, 2.75) is 56.6 Å². The number of morpholine rings is 1. The summed E-state index contributed by atoms with van der Waals surface area (Å²) >= 11 is 0. The van der Waals surface area contributed by atoms with E-state index in [4.69, 9.17) is 9.72 Å². The Hall–Kier alpha value is -2.04. The van der Waals surface area contributed by atoms with E-state index in [1.54, 1.807) is 8.99 Å². The molecule has 3 aliphatic heterocycles. The number of fused-ring (bicyclic) bond motifs is 4. The second kappa shape index (κ2) is 7.03. The molecule has 9 nitrogen and oxygen atoms in total. The van der Waals surface area contributed by atoms with Crippen LogP contribution in [-0.2, 0) is 27.7 Å². The van der Waals surface area contributed by atoms with Gasteiger partial charge in [-0.25, -0.2) is 18.4 Å². The minimum Gasteiger partial charge on any atom is -0.378 e. The van der Waals surface area contributed by atoms with Gasteiger partial charge in [-0.1, -0.05) is 0 Å². The first kappa shape index (κ1) is 19.0. The van der Waals surface area contributed by atoms with Gasteiger partial charge in [0.05, 0.1) is 36.8 Å². The van der Waals surface area contributed by atoms with Gasteiger partial charge in [0.15, 0.2) is 0 Å². The molecular weight excluding hydrogens is 392 g/mol. The van der Waals surface area contributed by atoms with Crippen LogP contribution in [0.1, 0.15) is 42.8 Å². The molecule has 0 N–H and O–H groups in total. The highest BCUT2D eigenvalue weighted by molar-refractivity contribution is 7.89. The van der Waals surface area contributed by atoms with Crippen LogP contribution in [0.4, 0.5) is 5.95 Å². The molecule has 156 valence electrons. The van der Waals surface area contributed by atoms with E-state index >= 15 is 0 Å². The first-order valence-electron chi connectivity index (χ1n) is 10.2. The minimum absolute atomic E-state index is 0.0608. The highest BCUT2D eigenvalue weighted by atomic mass is 32.2. The van der Waals surface area contributed by atoms with Gasteiger partial charge in [0.25, 0.3) is 0 Å². The van der Waals surface area contributed by atoms with Gasteiger partial charge in [0.1, 0.15) is 4.90 Å². The molecule has 2 fully saturated rings. The van der Waals surface area contributed by atoms with E-state index in [2.05, 4.69) is 15.0 Å². The molecule has 0 saturated carbocycles. The van der Waals surface area contributed by atoms with E-state index in [1.165, 1.54) is 6.20 Å². The van der Waals surface area contributed by atoms with Crippen LogP contribution >= 0.6 is 0 Å². The summed E-state index contributed by atoms with van der Waals surface area (Å²) in [5, 5.41) is 4.24. The van der Waals surface area contributed by atoms with Crippen molar-refractivity contribution in [2.24, 2.45) is 0 Å². The number of ether oxygens (including phenoxy) is 1. The number of nitrogens with zero attached hydrogens (tertiary/aromatic N) is 6. The molecule has 10 heteroatoms. The fourth-order valence-corrected chi connectivity index (χ4v) is 6.83. The third-order valence-electron chi connectivity index (χ3n) is 6.32. The molecule has 2 unspecified atom stereocenters. The zero-order chi connectivity index (χ0) is 20.2. The Morgan fingerprint density at radius 2 is 2.00 bits per heavy atom. The zero-order valence-electron chi connectivity index (χ0n) is 16.8. The molecule has 0 amide bonds. The molecule has 0 spiro atoms. The topological polar surface area (TPSA) is 93.5 Å². The summed E-state index contributed by atoms with van der Waals surface area (Å²) in [6, 6.07) is -0.258. The number of hydrogen-bond acceptors (Lipinski definition) is 7. The summed E-state index contributed by atoms with van der Waals surface area (Å²) < 4.78 is 35.9. The second-order valence-electron chi connectivity index (χ2n) is 7.87. The van der Waals surface area contributed by atoms with Crippen molar-refractivity contribution >= 4 is 16.0 Å². The Bertz CT molecular complexity index is 1030. The van der Waals surface area contributed by atoms with Crippen LogP contribution in [0.3, 0.4) is 0 Å². The van der Waals surface area contributed by atoms with Crippen molar-refractivity contribution < 1.29 is 13.2 Å². The molecule has 2 aromatic heterocycles. The van der Waals surface area contributed by atoms with Crippen molar-refractivity contribution in [1.82, 2.24) is 24.1 Å². The Kier molecular flexibility index (Phi) is 4.60. The third kappa shape index (κ3) is 2.96. The van der Waals surface area contributed by atoms with Gasteiger partial charge in [-0.3, -0.25) is 4.68 Å². The van der Waals surface area contributed by atoms with Gasteiger partial charge in [0, 0.05) is 43.9 Å². The zero-order valence-corrected chi connectivity index (χ0v) is 17.6. The summed E-state index contributed by atoms with van der Waals surface area (Å²) in [6.07, 6.45) is 5.60. The number of aryl methyl sites for hydroxylation is 1. The summed E-state index contributed by atoms with van der Waals surface area (Å²) in [6.45, 7) is 7.36. The normalized spacial score (nSPS) is 24.7. The average Bonchev–Trinajstić information content (AvgIpc) is 3.28. The molecule has 0 aromatic carbocycles. The SMILES string of the molecule is CCn1ncc(S(=O)(=O)N2C3CCC2c2cnc(N4CCOCC4)nc2C3)c1C. The van der Waals surface area contributed by atoms with E-state index in [0.29, 0.717) is 36.8 Å². The smallest absolute Gasteiger partial charge is 0.247 e. The molecule has 5 rings (SSSR count). The first-order valence-corrected chi connectivity index (χ1v) is 11.7. The number of sulfonamides is 1. The molecular formula is C19H26N6O3S. The lowest BCUT2D eigenvalue weighted by Crippen LogP contribution is -2.43. The first-order chi connectivity index (χ1) is 14.0. The van der Waals surface area contributed by atoms with Crippen molar-refractivity contribution in [3.05, 3.63) is 29.3 Å². The van der Waals surface area contributed by atoms with Crippen LogP contribution in [0.25, 0.3) is 0 Å². The molecule has 29 heavy (non-hydrogen) atoms. The Labute approximate surface area is 170 Å². The molecule has 5 heterocycles. The van der Waals surface area contributed by atoms with Crippen molar-refractivity contribution in [2.75, 3.05) is 31.2 Å². The van der Waals surface area contributed by atoms with Crippen LogP contribution in [0.5, 0.6) is 0 Å². The van der Waals surface area contributed by atoms with Gasteiger partial charge in [-0.2, -0.15) is 9.40 Å². The molecule has 2 atom stereocenters. The number of rotatable bonds is 4. The summed E-state index contributed by atoms with van der Waals surface area (Å²) in [5.74, 6) is 0.725. The predicted octanol–water partition coefficient (Wildman–Crippen LogP) is 1.29. The van der Waals surface area contributed by atoms with Crippen LogP contribution in [0.2, 0.25) is 0 Å². The highest BCUT2D eigenvalue weighted by Gasteiger charge is 2.48. The fourth-order valence-electron chi connectivity index (χ4n) is 4.82. The largest absolute Gasteiger partial charge is 0.378 e. The van der Waals surface area contributed by atoms with Gasteiger partial charge >= 0.3 is 0 Å². The maximum atomic E-state index is 13.5. The molecule has 2 saturated heterocycles. The van der Waals surface area contributed by atoms with E-state index < -0.39 is 10.0 Å². The second-order valence-corrected chi connectivity index (χ2v) is 9.68. The Morgan fingerprint density at radius 1 is 1.21 bits per heavy atom. The van der Waals surface area contributed by atoms with Crippen LogP contribution in [-0.4, -0.2) is 64.8 Å². The summed E-state index contributed by atoms with van der Waals surface area (Å²) in [5.41, 5.74) is 2.62. The van der Waals surface area contributed by atoms with E-state index in [-0.39, 0.29) is 12.1 Å². The monoisotopic (exact) mass is 418 g/mol. The van der Waals surface area contributed by atoms with Gasteiger partial charge in [-0.05, 0) is 26.7 Å². The van der Waals surface area contributed by atoms with Crippen molar-refractivity contribution in [3.63, 3.8) is 0 Å². The van der Waals surface area contributed by atoms with Gasteiger partial charge in [-0.15, -0.1) is 0 Å². The van der Waals surface area contributed by atoms with E-state index in [0.717, 1.165) is 43.1 Å². The number of aromatic nitrogens is 4. The van der Waals surface area contributed by atoms with Crippen molar-refractivity contribution in [1.29, 1.82) is 0 Å². The number of anilines is 1. The predicted molar refractivity (Wildman–Crippen MR) is 106 cm³/mol. The molecule has 2 bridgehead atoms. The lowest BCUT2D eigenvalue weighted by atomic mass is 10.0. The van der Waals surface area contributed by atoms with Crippen LogP contribution in [0, 0.1) is 6.92 Å². The molecule has 0 radical (unpaired) electrons. The van der Waals surface area contributed by atoms with Gasteiger partial charge < -0.3 is 9.64 Å². The van der Waals surface area contributed by atoms with E-state index in [9.17, 15) is 8.42 Å². The highest BCUT2D eigenvalue weighted by Crippen LogP contribution is 2.46. The van der Waals surface area contributed by atoms with Crippen LogP contribution in [0.15, 0.2) is 17.3 Å². The minimum atomic E-state index is -3.62. The summed E-state index contributed by atoms with van der Waals surface area (Å²) in [7, 11) is -3.62. The third-order valence-corrected chi connectivity index (χ3v) is 8.39. The maximum absolute atomic E-state index is 13.5. The van der Waals surface area contributed by atoms with Crippen LogP contribution < -0.4 is 4.90 Å². The Balaban J connectivity index is 1.49. The lowest BCUT2D eigenvalue weighted by molar-refractivity contribution is 0.122. The fraction of sp³-hybridized carbons (Fsp3) is 0.632. The summed E-state index contributed by atoms with van der Waals surface area (Å²) in [4.78, 5) is 11.8. The lowest BCUT2D eigenvalue weighted by Gasteiger charge is -2.35. The molecule has 2 aromatic rings.